The number of aryl methyl sites for hydroxylation is 1. The Morgan fingerprint density at radius 2 is 1.68 bits per heavy atom. The predicted molar refractivity (Wildman–Crippen MR) is 108 cm³/mol. The number of hydrogen-bond donors (Lipinski definition) is 2. The highest BCUT2D eigenvalue weighted by atomic mass is 16.1. The van der Waals surface area contributed by atoms with Crippen LogP contribution in [0.1, 0.15) is 31.4 Å². The molecule has 0 atom stereocenters. The Balaban J connectivity index is 1.83. The van der Waals surface area contributed by atoms with Crippen molar-refractivity contribution in [3.8, 4) is 0 Å². The lowest BCUT2D eigenvalue weighted by Gasteiger charge is -2.21. The summed E-state index contributed by atoms with van der Waals surface area (Å²) in [5.74, 6) is 0.0217. The van der Waals surface area contributed by atoms with Gasteiger partial charge in [-0.2, -0.15) is 0 Å². The van der Waals surface area contributed by atoms with Gasteiger partial charge in [-0.05, 0) is 69.2 Å². The molecule has 2 aromatic rings. The van der Waals surface area contributed by atoms with Crippen molar-refractivity contribution in [2.45, 2.75) is 34.1 Å². The molecule has 0 heterocycles. The van der Waals surface area contributed by atoms with Crippen LogP contribution in [0.2, 0.25) is 0 Å². The summed E-state index contributed by atoms with van der Waals surface area (Å²) in [5, 5.41) is 6.30. The highest BCUT2D eigenvalue weighted by molar-refractivity contribution is 5.91. The lowest BCUT2D eigenvalue weighted by atomic mass is 10.1. The molecule has 4 nitrogen and oxygen atoms in total. The van der Waals surface area contributed by atoms with Gasteiger partial charge in [0.05, 0.1) is 0 Å². The number of amides is 1. The first kappa shape index (κ1) is 18.8. The molecule has 0 spiro atoms. The van der Waals surface area contributed by atoms with Crippen LogP contribution >= 0.6 is 0 Å². The Hall–Kier alpha value is -2.49. The van der Waals surface area contributed by atoms with Crippen LogP contribution < -0.4 is 15.5 Å². The quantitative estimate of drug-likeness (QED) is 0.739. The first-order valence-electron chi connectivity index (χ1n) is 9.00. The molecular formula is C21H29N3O. The summed E-state index contributed by atoms with van der Waals surface area (Å²) >= 11 is 0. The lowest BCUT2D eigenvalue weighted by Crippen LogP contribution is -2.21. The van der Waals surface area contributed by atoms with Crippen molar-refractivity contribution in [2.75, 3.05) is 35.2 Å². The smallest absolute Gasteiger partial charge is 0.226 e. The molecule has 4 heteroatoms. The number of rotatable bonds is 8. The second kappa shape index (κ2) is 9.11. The molecule has 1 amide bonds. The standard InChI is InChI=1S/C21H29N3O/c1-5-24(6-2)19-12-10-18(11-13-19)23-21(25)14-15-22-20-9-7-8-16(3)17(20)4/h7-13,22H,5-6,14-15H2,1-4H3,(H,23,25). The largest absolute Gasteiger partial charge is 0.384 e. The molecule has 25 heavy (non-hydrogen) atoms. The van der Waals surface area contributed by atoms with Crippen molar-refractivity contribution in [3.05, 3.63) is 53.6 Å². The van der Waals surface area contributed by atoms with E-state index in [9.17, 15) is 4.79 Å². The second-order valence-electron chi connectivity index (χ2n) is 6.19. The van der Waals surface area contributed by atoms with E-state index in [0.29, 0.717) is 13.0 Å². The van der Waals surface area contributed by atoms with Gasteiger partial charge < -0.3 is 15.5 Å². The minimum absolute atomic E-state index is 0.0217. The van der Waals surface area contributed by atoms with Gasteiger partial charge in [0.15, 0.2) is 0 Å². The van der Waals surface area contributed by atoms with Crippen LogP contribution in [0.4, 0.5) is 17.1 Å². The molecule has 0 aliphatic carbocycles. The van der Waals surface area contributed by atoms with E-state index >= 15 is 0 Å². The Morgan fingerprint density at radius 3 is 2.32 bits per heavy atom. The van der Waals surface area contributed by atoms with Gasteiger partial charge in [-0.25, -0.2) is 0 Å². The molecule has 0 unspecified atom stereocenters. The van der Waals surface area contributed by atoms with E-state index in [-0.39, 0.29) is 5.91 Å². The maximum absolute atomic E-state index is 12.1. The Labute approximate surface area is 151 Å². The van der Waals surface area contributed by atoms with Gasteiger partial charge in [-0.1, -0.05) is 12.1 Å². The van der Waals surface area contributed by atoms with Crippen LogP contribution in [-0.4, -0.2) is 25.5 Å². The van der Waals surface area contributed by atoms with Gasteiger partial charge in [0.2, 0.25) is 5.91 Å². The fourth-order valence-corrected chi connectivity index (χ4v) is 2.82. The van der Waals surface area contributed by atoms with Crippen LogP contribution in [0.15, 0.2) is 42.5 Å². The summed E-state index contributed by atoms with van der Waals surface area (Å²) < 4.78 is 0. The summed E-state index contributed by atoms with van der Waals surface area (Å²) in [6, 6.07) is 14.2. The number of nitrogens with zero attached hydrogens (tertiary/aromatic N) is 1. The molecule has 0 aliphatic heterocycles. The van der Waals surface area contributed by atoms with E-state index in [2.05, 4.69) is 61.4 Å². The minimum atomic E-state index is 0.0217. The summed E-state index contributed by atoms with van der Waals surface area (Å²) in [7, 11) is 0. The van der Waals surface area contributed by atoms with Gasteiger partial charge in [0, 0.05) is 43.1 Å². The van der Waals surface area contributed by atoms with Gasteiger partial charge >= 0.3 is 0 Å². The number of anilines is 3. The normalized spacial score (nSPS) is 10.4. The Bertz CT molecular complexity index is 691. The van der Waals surface area contributed by atoms with E-state index in [4.69, 9.17) is 0 Å². The SMILES string of the molecule is CCN(CC)c1ccc(NC(=O)CCNc2cccc(C)c2C)cc1. The first-order valence-corrected chi connectivity index (χ1v) is 9.00. The minimum Gasteiger partial charge on any atom is -0.384 e. The number of carbonyl (C=O) groups excluding carboxylic acids is 1. The zero-order valence-electron chi connectivity index (χ0n) is 15.7. The van der Waals surface area contributed by atoms with Crippen molar-refractivity contribution < 1.29 is 4.79 Å². The molecular weight excluding hydrogens is 310 g/mol. The Morgan fingerprint density at radius 1 is 1.00 bits per heavy atom. The van der Waals surface area contributed by atoms with E-state index in [1.807, 2.05) is 24.3 Å². The maximum atomic E-state index is 12.1. The van der Waals surface area contributed by atoms with Gasteiger partial charge in [-0.15, -0.1) is 0 Å². The summed E-state index contributed by atoms with van der Waals surface area (Å²) in [6.07, 6.45) is 0.436. The summed E-state index contributed by atoms with van der Waals surface area (Å²) in [5.41, 5.74) is 5.60. The molecule has 2 rings (SSSR count). The molecule has 0 radical (unpaired) electrons. The van der Waals surface area contributed by atoms with E-state index in [1.54, 1.807) is 0 Å². The third-order valence-corrected chi connectivity index (χ3v) is 4.55. The van der Waals surface area contributed by atoms with Gasteiger partial charge in [0.1, 0.15) is 0 Å². The molecule has 0 bridgehead atoms. The van der Waals surface area contributed by atoms with Crippen molar-refractivity contribution in [1.29, 1.82) is 0 Å². The number of benzene rings is 2. The molecule has 0 saturated carbocycles. The molecule has 0 aromatic heterocycles. The molecule has 0 aliphatic rings. The van der Waals surface area contributed by atoms with Crippen molar-refractivity contribution >= 4 is 23.0 Å². The van der Waals surface area contributed by atoms with E-state index < -0.39 is 0 Å². The Kier molecular flexibility index (Phi) is 6.87. The fourth-order valence-electron chi connectivity index (χ4n) is 2.82. The number of hydrogen-bond acceptors (Lipinski definition) is 3. The average molecular weight is 339 g/mol. The lowest BCUT2D eigenvalue weighted by molar-refractivity contribution is -0.115. The summed E-state index contributed by atoms with van der Waals surface area (Å²) in [6.45, 7) is 11.0. The second-order valence-corrected chi connectivity index (χ2v) is 6.19. The average Bonchev–Trinajstić information content (AvgIpc) is 2.61. The van der Waals surface area contributed by atoms with Crippen LogP contribution in [0.5, 0.6) is 0 Å². The van der Waals surface area contributed by atoms with Gasteiger partial charge in [-0.3, -0.25) is 4.79 Å². The van der Waals surface area contributed by atoms with Crippen molar-refractivity contribution in [1.82, 2.24) is 0 Å². The number of nitrogens with one attached hydrogen (secondary N) is 2. The molecule has 2 N–H and O–H groups in total. The zero-order chi connectivity index (χ0) is 18.2. The molecule has 134 valence electrons. The van der Waals surface area contributed by atoms with Crippen LogP contribution in [0, 0.1) is 13.8 Å². The van der Waals surface area contributed by atoms with Crippen LogP contribution in [-0.2, 0) is 4.79 Å². The monoisotopic (exact) mass is 339 g/mol. The zero-order valence-corrected chi connectivity index (χ0v) is 15.7. The van der Waals surface area contributed by atoms with Gasteiger partial charge in [0.25, 0.3) is 0 Å². The van der Waals surface area contributed by atoms with Crippen molar-refractivity contribution in [3.63, 3.8) is 0 Å². The maximum Gasteiger partial charge on any atom is 0.226 e. The first-order chi connectivity index (χ1) is 12.0. The number of carbonyl (C=O) groups is 1. The summed E-state index contributed by atoms with van der Waals surface area (Å²) in [4.78, 5) is 14.4. The highest BCUT2D eigenvalue weighted by Gasteiger charge is 2.05. The predicted octanol–water partition coefficient (Wildman–Crippen LogP) is 4.59. The molecule has 0 fully saturated rings. The molecule has 0 saturated heterocycles. The fraction of sp³-hybridized carbons (Fsp3) is 0.381. The third-order valence-electron chi connectivity index (χ3n) is 4.55. The van der Waals surface area contributed by atoms with Crippen molar-refractivity contribution in [2.24, 2.45) is 0 Å². The third kappa shape index (κ3) is 5.24. The molecule has 2 aromatic carbocycles. The van der Waals surface area contributed by atoms with E-state index in [0.717, 1.165) is 24.5 Å². The van der Waals surface area contributed by atoms with E-state index in [1.165, 1.54) is 16.8 Å². The van der Waals surface area contributed by atoms with Crippen LogP contribution in [0.25, 0.3) is 0 Å². The topological polar surface area (TPSA) is 44.4 Å². The highest BCUT2D eigenvalue weighted by Crippen LogP contribution is 2.19. The van der Waals surface area contributed by atoms with Crippen LogP contribution in [0.3, 0.4) is 0 Å².